The first-order valence-corrected chi connectivity index (χ1v) is 21.0. The van der Waals surface area contributed by atoms with Gasteiger partial charge in [0.05, 0.1) is 55.2 Å². The summed E-state index contributed by atoms with van der Waals surface area (Å²) in [4.78, 5) is 66.5. The molecule has 0 saturated carbocycles. The number of methoxy groups -OCH3 is 1. The van der Waals surface area contributed by atoms with Crippen molar-refractivity contribution in [2.45, 2.75) is 52.4 Å². The average Bonchev–Trinajstić information content (AvgIpc) is 4.02. The summed E-state index contributed by atoms with van der Waals surface area (Å²) in [5.74, 6) is -3.01. The number of hydrogen-bond donors (Lipinski definition) is 2. The third kappa shape index (κ3) is 9.11. The smallest absolute Gasteiger partial charge is 0.360 e. The lowest BCUT2D eigenvalue weighted by molar-refractivity contribution is 0.0489. The van der Waals surface area contributed by atoms with E-state index in [1.807, 2.05) is 49.4 Å². The summed E-state index contributed by atoms with van der Waals surface area (Å²) in [5.41, 5.74) is 1.58. The molecule has 2 amide bonds. The van der Waals surface area contributed by atoms with Crippen molar-refractivity contribution in [2.24, 2.45) is 0 Å². The lowest BCUT2D eigenvalue weighted by Gasteiger charge is -2.15. The number of ether oxygens (including phenoxy) is 3. The Balaban J connectivity index is 1.08. The zero-order valence-electron chi connectivity index (χ0n) is 35.4. The Bertz CT molecular complexity index is 3030. The number of unbranched alkanes of at least 4 members (excludes halogenated alkanes) is 4. The molecule has 2 N–H and O–H groups in total. The van der Waals surface area contributed by atoms with Crippen LogP contribution in [0.15, 0.2) is 103 Å². The third-order valence-electron chi connectivity index (χ3n) is 10.7. The van der Waals surface area contributed by atoms with Crippen molar-refractivity contribution in [2.75, 3.05) is 31.0 Å². The van der Waals surface area contributed by atoms with Crippen molar-refractivity contribution in [3.8, 4) is 11.4 Å². The normalized spacial score (nSPS) is 11.2. The highest BCUT2D eigenvalue weighted by Crippen LogP contribution is 2.36. The maximum atomic E-state index is 14.1. The standard InChI is InChI=1S/C48H44N8O8/c1-4-6-8-19-63-46(59)32-21-34(49-44(57)39-18-16-31-14-13-29-11-10-12-30-15-17-38(39)43(31)42(29)30)25-36(23-32)55-27-40(51-53-55)45(58)50-35-22-33(47(60)64-20-9-7-5-2)24-37(26-35)56-28-41(52-54-56)48(61)62-3/h10-18,21-28H,4-9,19-20H2,1-3H3,(H,49,57)(H,50,58). The molecule has 0 fully saturated rings. The van der Waals surface area contributed by atoms with Crippen molar-refractivity contribution < 1.29 is 38.2 Å². The second-order valence-corrected chi connectivity index (χ2v) is 15.2. The van der Waals surface area contributed by atoms with Crippen molar-refractivity contribution in [3.63, 3.8) is 0 Å². The minimum absolute atomic E-state index is 0.0683. The van der Waals surface area contributed by atoms with Crippen LogP contribution in [0, 0.1) is 0 Å². The quantitative estimate of drug-likeness (QED) is 0.0383. The number of esters is 3. The molecule has 16 nitrogen and oxygen atoms in total. The highest BCUT2D eigenvalue weighted by molar-refractivity contribution is 6.27. The van der Waals surface area contributed by atoms with E-state index in [2.05, 4.69) is 44.2 Å². The molecular weight excluding hydrogens is 817 g/mol. The van der Waals surface area contributed by atoms with Crippen molar-refractivity contribution in [1.82, 2.24) is 30.0 Å². The summed E-state index contributed by atoms with van der Waals surface area (Å²) < 4.78 is 18.4. The van der Waals surface area contributed by atoms with Crippen LogP contribution in [0.3, 0.4) is 0 Å². The predicted molar refractivity (Wildman–Crippen MR) is 240 cm³/mol. The van der Waals surface area contributed by atoms with Gasteiger partial charge in [-0.1, -0.05) is 98.5 Å². The van der Waals surface area contributed by atoms with E-state index in [9.17, 15) is 24.0 Å². The number of amides is 2. The zero-order valence-corrected chi connectivity index (χ0v) is 35.4. The van der Waals surface area contributed by atoms with Crippen LogP contribution in [0.5, 0.6) is 0 Å². The number of rotatable bonds is 17. The Morgan fingerprint density at radius 3 is 1.66 bits per heavy atom. The maximum absolute atomic E-state index is 14.1. The molecular formula is C48H44N8O8. The number of hydrogen-bond acceptors (Lipinski definition) is 12. The van der Waals surface area contributed by atoms with Gasteiger partial charge in [0.1, 0.15) is 0 Å². The third-order valence-corrected chi connectivity index (χ3v) is 10.7. The van der Waals surface area contributed by atoms with E-state index >= 15 is 0 Å². The fourth-order valence-corrected chi connectivity index (χ4v) is 7.48. The van der Waals surface area contributed by atoms with Gasteiger partial charge in [-0.3, -0.25) is 9.59 Å². The monoisotopic (exact) mass is 860 g/mol. The second kappa shape index (κ2) is 18.9. The predicted octanol–water partition coefficient (Wildman–Crippen LogP) is 8.73. The summed E-state index contributed by atoms with van der Waals surface area (Å²) in [6, 6.07) is 27.0. The van der Waals surface area contributed by atoms with Crippen LogP contribution in [0.1, 0.15) is 104 Å². The van der Waals surface area contributed by atoms with E-state index in [1.165, 1.54) is 59.2 Å². The lowest BCUT2D eigenvalue weighted by Crippen LogP contribution is -2.15. The van der Waals surface area contributed by atoms with Gasteiger partial charge >= 0.3 is 17.9 Å². The van der Waals surface area contributed by atoms with Gasteiger partial charge in [0.2, 0.25) is 0 Å². The summed E-state index contributed by atoms with van der Waals surface area (Å²) in [7, 11) is 1.22. The molecule has 0 aliphatic heterocycles. The first kappa shape index (κ1) is 42.7. The zero-order chi connectivity index (χ0) is 44.7. The van der Waals surface area contributed by atoms with Crippen molar-refractivity contribution in [1.29, 1.82) is 0 Å². The van der Waals surface area contributed by atoms with Crippen LogP contribution in [0.25, 0.3) is 43.7 Å². The first-order valence-electron chi connectivity index (χ1n) is 21.0. The second-order valence-electron chi connectivity index (χ2n) is 15.2. The lowest BCUT2D eigenvalue weighted by atomic mass is 9.92. The molecule has 2 heterocycles. The molecule has 0 radical (unpaired) electrons. The van der Waals surface area contributed by atoms with Gasteiger partial charge in [0.15, 0.2) is 11.4 Å². The summed E-state index contributed by atoms with van der Waals surface area (Å²) in [5, 5.41) is 27.8. The van der Waals surface area contributed by atoms with Crippen LogP contribution in [-0.2, 0) is 14.2 Å². The van der Waals surface area contributed by atoms with Gasteiger partial charge in [0, 0.05) is 16.9 Å². The number of nitrogens with zero attached hydrogens (tertiary/aromatic N) is 6. The molecule has 0 atom stereocenters. The van der Waals surface area contributed by atoms with Crippen LogP contribution < -0.4 is 10.6 Å². The molecule has 0 unspecified atom stereocenters. The van der Waals surface area contributed by atoms with Crippen LogP contribution >= 0.6 is 0 Å². The van der Waals surface area contributed by atoms with Crippen molar-refractivity contribution in [3.05, 3.63) is 131 Å². The minimum atomic E-state index is -0.706. The molecule has 0 saturated heterocycles. The maximum Gasteiger partial charge on any atom is 0.360 e. The van der Waals surface area contributed by atoms with E-state index in [4.69, 9.17) is 14.2 Å². The fraction of sp³-hybridized carbons (Fsp3) is 0.229. The van der Waals surface area contributed by atoms with E-state index in [0.717, 1.165) is 58.0 Å². The minimum Gasteiger partial charge on any atom is -0.464 e. The van der Waals surface area contributed by atoms with Gasteiger partial charge < -0.3 is 24.8 Å². The molecule has 64 heavy (non-hydrogen) atoms. The Kier molecular flexibility index (Phi) is 12.6. The Morgan fingerprint density at radius 2 is 1.08 bits per heavy atom. The van der Waals surface area contributed by atoms with E-state index in [-0.39, 0.29) is 47.1 Å². The number of nitrogens with one attached hydrogen (secondary N) is 2. The van der Waals surface area contributed by atoms with Crippen LogP contribution in [0.2, 0.25) is 0 Å². The molecule has 0 aliphatic rings. The average molecular weight is 861 g/mol. The number of carbonyl (C=O) groups is 5. The first-order chi connectivity index (χ1) is 31.1. The van der Waals surface area contributed by atoms with Gasteiger partial charge in [-0.05, 0) is 87.6 Å². The summed E-state index contributed by atoms with van der Waals surface area (Å²) >= 11 is 0. The molecule has 2 aromatic heterocycles. The molecule has 0 bridgehead atoms. The number of aromatic nitrogens is 6. The Hall–Kier alpha value is -8.01. The SMILES string of the molecule is CCCCCOC(=O)c1cc(NC(=O)c2ccc3ccc4cccc5ccc2c3c45)cc(-n2cc(C(=O)Nc3cc(C(=O)OCCCCC)cc(-n4cc(C(=O)OC)nn4)c3)nn2)c1. The van der Waals surface area contributed by atoms with Gasteiger partial charge in [-0.25, -0.2) is 23.7 Å². The van der Waals surface area contributed by atoms with E-state index in [0.29, 0.717) is 29.8 Å². The summed E-state index contributed by atoms with van der Waals surface area (Å²) in [6.45, 7) is 4.52. The van der Waals surface area contributed by atoms with Crippen molar-refractivity contribution >= 4 is 73.4 Å². The highest BCUT2D eigenvalue weighted by atomic mass is 16.5. The molecule has 0 aliphatic carbocycles. The molecule has 324 valence electrons. The van der Waals surface area contributed by atoms with Gasteiger partial charge in [0.25, 0.3) is 11.8 Å². The number of benzene rings is 6. The largest absolute Gasteiger partial charge is 0.464 e. The van der Waals surface area contributed by atoms with Gasteiger partial charge in [-0.2, -0.15) is 0 Å². The topological polar surface area (TPSA) is 199 Å². The van der Waals surface area contributed by atoms with Crippen LogP contribution in [0.4, 0.5) is 11.4 Å². The highest BCUT2D eigenvalue weighted by Gasteiger charge is 2.21. The van der Waals surface area contributed by atoms with E-state index in [1.54, 1.807) is 12.1 Å². The number of anilines is 2. The molecule has 16 heteroatoms. The molecule has 8 aromatic rings. The molecule has 0 spiro atoms. The molecule has 8 rings (SSSR count). The molecule has 6 aromatic carbocycles. The van der Waals surface area contributed by atoms with Crippen LogP contribution in [-0.4, -0.2) is 80.0 Å². The number of carbonyl (C=O) groups excluding carboxylic acids is 5. The Morgan fingerprint density at radius 1 is 0.562 bits per heavy atom. The van der Waals surface area contributed by atoms with Gasteiger partial charge in [-0.15, -0.1) is 10.2 Å². The van der Waals surface area contributed by atoms with E-state index < -0.39 is 29.7 Å². The fourth-order valence-electron chi connectivity index (χ4n) is 7.48. The summed E-state index contributed by atoms with van der Waals surface area (Å²) in [6.07, 6.45) is 7.74. The Labute approximate surface area is 366 Å².